The Morgan fingerprint density at radius 3 is 1.41 bits per heavy atom. The minimum absolute atomic E-state index is 0.502. The number of ether oxygens (including phenoxy) is 1. The van der Waals surface area contributed by atoms with Crippen LogP contribution >= 0.6 is 0 Å². The van der Waals surface area contributed by atoms with Crippen molar-refractivity contribution in [3.63, 3.8) is 0 Å². The van der Waals surface area contributed by atoms with Crippen molar-refractivity contribution in [2.45, 2.75) is 26.7 Å². The van der Waals surface area contributed by atoms with Gasteiger partial charge in [-0.3, -0.25) is 0 Å². The van der Waals surface area contributed by atoms with E-state index >= 15 is 0 Å². The summed E-state index contributed by atoms with van der Waals surface area (Å²) in [5.41, 5.74) is 0. The van der Waals surface area contributed by atoms with Gasteiger partial charge in [0.1, 0.15) is 0 Å². The van der Waals surface area contributed by atoms with E-state index in [1.54, 1.807) is 13.8 Å². The molecule has 0 aliphatic heterocycles. The lowest BCUT2D eigenvalue weighted by Crippen LogP contribution is -1.92. The summed E-state index contributed by atoms with van der Waals surface area (Å²) in [4.78, 5) is 0. The van der Waals surface area contributed by atoms with E-state index in [2.05, 4.69) is 4.74 Å². The Labute approximate surface area is 97.8 Å². The third-order valence-electron chi connectivity index (χ3n) is 1.60. The summed E-state index contributed by atoms with van der Waals surface area (Å²) in [6.07, 6.45) is 1.45. The summed E-state index contributed by atoms with van der Waals surface area (Å²) in [6, 6.07) is 0. The first-order valence-electron chi connectivity index (χ1n) is 5.14. The fourth-order valence-electron chi connectivity index (χ4n) is 0.839. The molecule has 0 aliphatic carbocycles. The van der Waals surface area contributed by atoms with Crippen molar-refractivity contribution in [3.05, 3.63) is 48.0 Å². The Balaban J connectivity index is 4.98. The van der Waals surface area contributed by atoms with Gasteiger partial charge in [0.15, 0.2) is 11.5 Å². The van der Waals surface area contributed by atoms with Gasteiger partial charge in [-0.2, -0.15) is 17.6 Å². The molecule has 0 bridgehead atoms. The Morgan fingerprint density at radius 1 is 0.824 bits per heavy atom. The van der Waals surface area contributed by atoms with E-state index in [4.69, 9.17) is 0 Å². The molecule has 0 spiro atoms. The highest BCUT2D eigenvalue weighted by atomic mass is 19.3. The summed E-state index contributed by atoms with van der Waals surface area (Å²) in [5, 5.41) is 0. The van der Waals surface area contributed by atoms with Crippen molar-refractivity contribution < 1.29 is 22.3 Å². The van der Waals surface area contributed by atoms with Crippen LogP contribution < -0.4 is 0 Å². The summed E-state index contributed by atoms with van der Waals surface area (Å²) in [6.45, 7) is 3.46. The maximum Gasteiger partial charge on any atom is 0.312 e. The predicted molar refractivity (Wildman–Crippen MR) is 58.4 cm³/mol. The second-order valence-electron chi connectivity index (χ2n) is 2.97. The molecule has 0 aromatic carbocycles. The van der Waals surface area contributed by atoms with Gasteiger partial charge >= 0.3 is 12.2 Å². The van der Waals surface area contributed by atoms with Gasteiger partial charge in [0.05, 0.1) is 0 Å². The minimum Gasteiger partial charge on any atom is -0.446 e. The van der Waals surface area contributed by atoms with Crippen molar-refractivity contribution >= 4 is 0 Å². The molecule has 5 heteroatoms. The van der Waals surface area contributed by atoms with Crippen LogP contribution in [0.5, 0.6) is 0 Å². The van der Waals surface area contributed by atoms with E-state index in [0.29, 0.717) is 12.8 Å². The third-order valence-corrected chi connectivity index (χ3v) is 1.60. The molecule has 17 heavy (non-hydrogen) atoms. The summed E-state index contributed by atoms with van der Waals surface area (Å²) >= 11 is 0. The second-order valence-corrected chi connectivity index (χ2v) is 2.97. The standard InChI is InChI=1S/C12H14F4O/c1-3-5-7-9(11(13)14)17-10(12(15)16)8-6-4-2/h5-8H,3-4H2,1-2H3. The zero-order chi connectivity index (χ0) is 13.3. The van der Waals surface area contributed by atoms with Crippen LogP contribution in [0.4, 0.5) is 17.6 Å². The molecule has 1 nitrogen and oxygen atoms in total. The second kappa shape index (κ2) is 8.61. The van der Waals surface area contributed by atoms with Crippen molar-refractivity contribution in [1.82, 2.24) is 0 Å². The van der Waals surface area contributed by atoms with Gasteiger partial charge in [-0.15, -0.1) is 0 Å². The number of rotatable bonds is 6. The highest BCUT2D eigenvalue weighted by Gasteiger charge is 2.10. The first-order valence-corrected chi connectivity index (χ1v) is 5.14. The zero-order valence-electron chi connectivity index (χ0n) is 9.64. The smallest absolute Gasteiger partial charge is 0.312 e. The van der Waals surface area contributed by atoms with Crippen LogP contribution in [0.25, 0.3) is 0 Å². The molecule has 96 valence electrons. The zero-order valence-corrected chi connectivity index (χ0v) is 9.64. The summed E-state index contributed by atoms with van der Waals surface area (Å²) in [5.74, 6) is -1.73. The molecule has 0 fully saturated rings. The summed E-state index contributed by atoms with van der Waals surface area (Å²) < 4.78 is 54.0. The highest BCUT2D eigenvalue weighted by molar-refractivity contribution is 5.20. The lowest BCUT2D eigenvalue weighted by atomic mass is 10.3. The van der Waals surface area contributed by atoms with E-state index < -0.39 is 23.7 Å². The Hall–Kier alpha value is -1.52. The van der Waals surface area contributed by atoms with Gasteiger partial charge in [0, 0.05) is 0 Å². The van der Waals surface area contributed by atoms with Gasteiger partial charge in [-0.25, -0.2) is 0 Å². The van der Waals surface area contributed by atoms with E-state index in [0.717, 1.165) is 12.2 Å². The molecule has 0 heterocycles. The van der Waals surface area contributed by atoms with Crippen LogP contribution in [0.3, 0.4) is 0 Å². The van der Waals surface area contributed by atoms with Gasteiger partial charge in [0.25, 0.3) is 0 Å². The van der Waals surface area contributed by atoms with Crippen molar-refractivity contribution in [2.24, 2.45) is 0 Å². The fraction of sp³-hybridized carbons (Fsp3) is 0.333. The van der Waals surface area contributed by atoms with Gasteiger partial charge in [0.2, 0.25) is 0 Å². The van der Waals surface area contributed by atoms with E-state index in [1.807, 2.05) is 0 Å². The monoisotopic (exact) mass is 250 g/mol. The maximum atomic E-state index is 12.4. The lowest BCUT2D eigenvalue weighted by molar-refractivity contribution is 0.252. The first-order chi connectivity index (χ1) is 8.02. The predicted octanol–water partition coefficient (Wildman–Crippen LogP) is 5.15. The first kappa shape index (κ1) is 15.5. The van der Waals surface area contributed by atoms with Crippen LogP contribution in [-0.2, 0) is 4.74 Å². The van der Waals surface area contributed by atoms with Crippen molar-refractivity contribution in [2.75, 3.05) is 0 Å². The molecule has 0 rings (SSSR count). The van der Waals surface area contributed by atoms with Gasteiger partial charge < -0.3 is 4.74 Å². The van der Waals surface area contributed by atoms with E-state index in [9.17, 15) is 17.6 Å². The van der Waals surface area contributed by atoms with Crippen LogP contribution in [0.15, 0.2) is 48.0 Å². The molecule has 0 amide bonds. The van der Waals surface area contributed by atoms with E-state index in [-0.39, 0.29) is 0 Å². The maximum absolute atomic E-state index is 12.4. The molecule has 0 aliphatic rings. The molecule has 0 radical (unpaired) electrons. The number of allylic oxidation sites excluding steroid dienone is 4. The quantitative estimate of drug-likeness (QED) is 0.360. The van der Waals surface area contributed by atoms with Gasteiger partial charge in [-0.1, -0.05) is 26.0 Å². The Morgan fingerprint density at radius 2 is 1.18 bits per heavy atom. The van der Waals surface area contributed by atoms with Crippen molar-refractivity contribution in [1.29, 1.82) is 0 Å². The molecule has 0 atom stereocenters. The average Bonchev–Trinajstić information content (AvgIpc) is 2.27. The van der Waals surface area contributed by atoms with Crippen LogP contribution in [0, 0.1) is 0 Å². The van der Waals surface area contributed by atoms with Crippen molar-refractivity contribution in [3.8, 4) is 0 Å². The minimum atomic E-state index is -2.14. The van der Waals surface area contributed by atoms with Crippen LogP contribution in [-0.4, -0.2) is 0 Å². The molecule has 0 N–H and O–H groups in total. The largest absolute Gasteiger partial charge is 0.446 e. The molecular formula is C12H14F4O. The number of hydrogen-bond donors (Lipinski definition) is 0. The number of hydrogen-bond acceptors (Lipinski definition) is 1. The number of halogens is 4. The topological polar surface area (TPSA) is 9.23 Å². The highest BCUT2D eigenvalue weighted by Crippen LogP contribution is 2.20. The third kappa shape index (κ3) is 6.60. The van der Waals surface area contributed by atoms with E-state index in [1.165, 1.54) is 12.2 Å². The fourth-order valence-corrected chi connectivity index (χ4v) is 0.839. The SMILES string of the molecule is CCC=CC(OC(C=CCC)=C(F)F)=C(F)F. The van der Waals surface area contributed by atoms with Crippen LogP contribution in [0.1, 0.15) is 26.7 Å². The molecule has 0 aromatic rings. The summed E-state index contributed by atoms with van der Waals surface area (Å²) in [7, 11) is 0. The average molecular weight is 250 g/mol. The lowest BCUT2D eigenvalue weighted by Gasteiger charge is -2.05. The van der Waals surface area contributed by atoms with Crippen LogP contribution in [0.2, 0.25) is 0 Å². The molecule has 0 saturated heterocycles. The Bertz CT molecular complexity index is 312. The van der Waals surface area contributed by atoms with Gasteiger partial charge in [-0.05, 0) is 25.0 Å². The molecule has 0 unspecified atom stereocenters. The normalized spacial score (nSPS) is 10.9. The molecule has 0 saturated carbocycles. The Kier molecular flexibility index (Phi) is 7.84. The molecular weight excluding hydrogens is 236 g/mol. The molecule has 0 aromatic heterocycles.